The lowest BCUT2D eigenvalue weighted by Gasteiger charge is -2.30. The Morgan fingerprint density at radius 1 is 1.32 bits per heavy atom. The van der Waals surface area contributed by atoms with Gasteiger partial charge in [0.1, 0.15) is 12.3 Å². The Hall–Kier alpha value is -1.75. The molecule has 1 unspecified atom stereocenters. The number of carboxylic acid groups (broad SMARTS) is 1. The average molecular weight is 413 g/mol. The maximum atomic E-state index is 13.0. The number of aliphatic hydroxyl groups is 1. The van der Waals surface area contributed by atoms with E-state index < -0.39 is 24.3 Å². The molecule has 0 aromatic carbocycles. The number of morpholine rings is 1. The molecule has 9 nitrogen and oxygen atoms in total. The molecule has 2 aliphatic heterocycles. The van der Waals surface area contributed by atoms with Gasteiger partial charge in [0.2, 0.25) is 5.91 Å². The van der Waals surface area contributed by atoms with Gasteiger partial charge >= 0.3 is 5.97 Å². The zero-order valence-corrected chi connectivity index (χ0v) is 17.0. The second-order valence-corrected chi connectivity index (χ2v) is 8.31. The third-order valence-electron chi connectivity index (χ3n) is 5.16. The zero-order chi connectivity index (χ0) is 20.3. The number of aromatic nitrogens is 1. The first-order valence-electron chi connectivity index (χ1n) is 9.64. The highest BCUT2D eigenvalue weighted by Gasteiger charge is 2.38. The molecule has 1 aromatic heterocycles. The average Bonchev–Trinajstić information content (AvgIpc) is 3.35. The van der Waals surface area contributed by atoms with Crippen LogP contribution < -0.4 is 10.2 Å². The summed E-state index contributed by atoms with van der Waals surface area (Å²) in [5, 5.41) is 25.5. The van der Waals surface area contributed by atoms with Gasteiger partial charge in [-0.1, -0.05) is 13.8 Å². The molecule has 0 aliphatic carbocycles. The standard InChI is InChI=1S/C18H28N4O5S/c1-11(2)14(16(24)22-5-3-4-13(22)17(25)26)20-15(23)12-10-28-18(19-12)21-6-8-27-9-7-21/h10-11,13-15,20,23H,3-9H2,1-2H3,(H,25,26)/t13-,14-,15?/m0/s1. The molecule has 3 N–H and O–H groups in total. The Morgan fingerprint density at radius 2 is 2.04 bits per heavy atom. The number of nitrogens with zero attached hydrogens (tertiary/aromatic N) is 3. The van der Waals surface area contributed by atoms with Gasteiger partial charge in [-0.15, -0.1) is 11.3 Å². The van der Waals surface area contributed by atoms with Gasteiger partial charge in [-0.3, -0.25) is 10.1 Å². The Kier molecular flexibility index (Phi) is 6.86. The molecule has 0 saturated carbocycles. The molecule has 0 bridgehead atoms. The van der Waals surface area contributed by atoms with Crippen molar-refractivity contribution in [1.29, 1.82) is 0 Å². The summed E-state index contributed by atoms with van der Waals surface area (Å²) in [5.74, 6) is -1.39. The molecule has 3 rings (SSSR count). The van der Waals surface area contributed by atoms with Crippen molar-refractivity contribution in [2.45, 2.75) is 45.0 Å². The van der Waals surface area contributed by atoms with Gasteiger partial charge in [0, 0.05) is 25.0 Å². The predicted octanol–water partition coefficient (Wildman–Crippen LogP) is 0.660. The minimum Gasteiger partial charge on any atom is -0.480 e. The number of hydrogen-bond donors (Lipinski definition) is 3. The second-order valence-electron chi connectivity index (χ2n) is 7.47. The summed E-state index contributed by atoms with van der Waals surface area (Å²) in [6.45, 7) is 6.99. The van der Waals surface area contributed by atoms with E-state index in [-0.39, 0.29) is 11.8 Å². The van der Waals surface area contributed by atoms with Crippen LogP contribution in [0.2, 0.25) is 0 Å². The van der Waals surface area contributed by atoms with E-state index >= 15 is 0 Å². The molecule has 0 radical (unpaired) electrons. The van der Waals surface area contributed by atoms with E-state index in [2.05, 4.69) is 15.2 Å². The van der Waals surface area contributed by atoms with Gasteiger partial charge in [-0.05, 0) is 18.8 Å². The number of ether oxygens (including phenoxy) is 1. The summed E-state index contributed by atoms with van der Waals surface area (Å²) in [7, 11) is 0. The summed E-state index contributed by atoms with van der Waals surface area (Å²) in [6, 6.07) is -1.48. The van der Waals surface area contributed by atoms with Gasteiger partial charge < -0.3 is 24.7 Å². The number of likely N-dealkylation sites (tertiary alicyclic amines) is 1. The van der Waals surface area contributed by atoms with Crippen LogP contribution in [0.5, 0.6) is 0 Å². The largest absolute Gasteiger partial charge is 0.480 e. The van der Waals surface area contributed by atoms with Crippen LogP contribution in [0.4, 0.5) is 5.13 Å². The van der Waals surface area contributed by atoms with Crippen molar-refractivity contribution >= 4 is 28.3 Å². The van der Waals surface area contributed by atoms with Crippen LogP contribution in [-0.2, 0) is 14.3 Å². The van der Waals surface area contributed by atoms with Crippen molar-refractivity contribution in [3.8, 4) is 0 Å². The number of carbonyl (C=O) groups excluding carboxylic acids is 1. The highest BCUT2D eigenvalue weighted by Crippen LogP contribution is 2.26. The van der Waals surface area contributed by atoms with Crippen LogP contribution in [0.25, 0.3) is 0 Å². The summed E-state index contributed by atoms with van der Waals surface area (Å²) in [6.07, 6.45) is 0.0300. The van der Waals surface area contributed by atoms with Gasteiger partial charge in [0.05, 0.1) is 24.9 Å². The third-order valence-corrected chi connectivity index (χ3v) is 6.08. The van der Waals surface area contributed by atoms with E-state index in [9.17, 15) is 19.8 Å². The van der Waals surface area contributed by atoms with E-state index in [1.165, 1.54) is 16.2 Å². The molecular weight excluding hydrogens is 384 g/mol. The summed E-state index contributed by atoms with van der Waals surface area (Å²) in [4.78, 5) is 32.4. The highest BCUT2D eigenvalue weighted by atomic mass is 32.1. The molecule has 3 atom stereocenters. The van der Waals surface area contributed by atoms with Crippen LogP contribution in [-0.4, -0.2) is 76.9 Å². The Morgan fingerprint density at radius 3 is 2.68 bits per heavy atom. The van der Waals surface area contributed by atoms with Gasteiger partial charge in [-0.25, -0.2) is 9.78 Å². The van der Waals surface area contributed by atoms with Gasteiger partial charge in [0.25, 0.3) is 0 Å². The fourth-order valence-electron chi connectivity index (χ4n) is 3.57. The van der Waals surface area contributed by atoms with Crippen molar-refractivity contribution in [3.05, 3.63) is 11.1 Å². The number of nitrogens with one attached hydrogen (secondary N) is 1. The SMILES string of the molecule is CC(C)[C@H](NC(O)c1csc(N2CCOCC2)n1)C(=O)N1CCC[C@H]1C(=O)O. The van der Waals surface area contributed by atoms with Crippen LogP contribution in [0.15, 0.2) is 5.38 Å². The number of aliphatic carboxylic acids is 1. The molecule has 10 heteroatoms. The van der Waals surface area contributed by atoms with Crippen LogP contribution in [0.3, 0.4) is 0 Å². The molecule has 28 heavy (non-hydrogen) atoms. The normalized spacial score (nSPS) is 22.5. The highest BCUT2D eigenvalue weighted by molar-refractivity contribution is 7.13. The van der Waals surface area contributed by atoms with Crippen LogP contribution >= 0.6 is 11.3 Å². The molecule has 156 valence electrons. The van der Waals surface area contributed by atoms with Crippen molar-refractivity contribution in [2.24, 2.45) is 5.92 Å². The lowest BCUT2D eigenvalue weighted by Crippen LogP contribution is -2.53. The van der Waals surface area contributed by atoms with Crippen molar-refractivity contribution < 1.29 is 24.5 Å². The molecule has 2 fully saturated rings. The Balaban J connectivity index is 1.67. The fraction of sp³-hybridized carbons (Fsp3) is 0.722. The quantitative estimate of drug-likeness (QED) is 0.560. The fourth-order valence-corrected chi connectivity index (χ4v) is 4.47. The Bertz CT molecular complexity index is 691. The van der Waals surface area contributed by atoms with Crippen molar-refractivity contribution in [1.82, 2.24) is 15.2 Å². The number of hydrogen-bond acceptors (Lipinski definition) is 8. The molecule has 0 spiro atoms. The first kappa shape index (κ1) is 21.0. The predicted molar refractivity (Wildman–Crippen MR) is 104 cm³/mol. The summed E-state index contributed by atoms with van der Waals surface area (Å²) >= 11 is 1.44. The van der Waals surface area contributed by atoms with Gasteiger partial charge in [-0.2, -0.15) is 0 Å². The number of thiazole rings is 1. The molecule has 2 aliphatic rings. The number of rotatable bonds is 7. The van der Waals surface area contributed by atoms with E-state index in [1.807, 2.05) is 13.8 Å². The number of aliphatic hydroxyl groups excluding tert-OH is 1. The monoisotopic (exact) mass is 412 g/mol. The first-order valence-corrected chi connectivity index (χ1v) is 10.5. The minimum absolute atomic E-state index is 0.116. The number of carboxylic acids is 1. The van der Waals surface area contributed by atoms with E-state index in [0.717, 1.165) is 18.2 Å². The van der Waals surface area contributed by atoms with Crippen molar-refractivity contribution in [2.75, 3.05) is 37.7 Å². The zero-order valence-electron chi connectivity index (χ0n) is 16.2. The van der Waals surface area contributed by atoms with E-state index in [4.69, 9.17) is 4.74 Å². The first-order chi connectivity index (χ1) is 13.4. The second kappa shape index (κ2) is 9.17. The number of carbonyl (C=O) groups is 2. The van der Waals surface area contributed by atoms with E-state index in [0.29, 0.717) is 38.3 Å². The van der Waals surface area contributed by atoms with Gasteiger partial charge in [0.15, 0.2) is 5.13 Å². The van der Waals surface area contributed by atoms with Crippen molar-refractivity contribution in [3.63, 3.8) is 0 Å². The summed E-state index contributed by atoms with van der Waals surface area (Å²) in [5.41, 5.74) is 0.459. The van der Waals surface area contributed by atoms with Crippen LogP contribution in [0, 0.1) is 5.92 Å². The lowest BCUT2D eigenvalue weighted by molar-refractivity contribution is -0.150. The molecule has 1 aromatic rings. The lowest BCUT2D eigenvalue weighted by atomic mass is 10.0. The smallest absolute Gasteiger partial charge is 0.326 e. The number of amides is 1. The third kappa shape index (κ3) is 4.62. The molecular formula is C18H28N4O5S. The summed E-state index contributed by atoms with van der Waals surface area (Å²) < 4.78 is 5.34. The Labute approximate surface area is 168 Å². The number of anilines is 1. The topological polar surface area (TPSA) is 115 Å². The minimum atomic E-state index is -1.10. The maximum Gasteiger partial charge on any atom is 0.326 e. The molecule has 3 heterocycles. The molecule has 2 saturated heterocycles. The van der Waals surface area contributed by atoms with E-state index in [1.54, 1.807) is 5.38 Å². The maximum absolute atomic E-state index is 13.0. The van der Waals surface area contributed by atoms with Crippen LogP contribution in [0.1, 0.15) is 38.6 Å². The molecule has 1 amide bonds.